The summed E-state index contributed by atoms with van der Waals surface area (Å²) in [5, 5.41) is 9.34. The Kier molecular flexibility index (Phi) is 6.48. The second kappa shape index (κ2) is 7.43. The summed E-state index contributed by atoms with van der Waals surface area (Å²) in [6.45, 7) is 6.31. The molecule has 0 aromatic carbocycles. The minimum atomic E-state index is -3.07. The third-order valence-corrected chi connectivity index (χ3v) is 4.49. The van der Waals surface area contributed by atoms with E-state index in [-0.39, 0.29) is 5.92 Å². The molecule has 0 radical (unpaired) electrons. The Labute approximate surface area is 124 Å². The van der Waals surface area contributed by atoms with Crippen LogP contribution in [0.2, 0.25) is 0 Å². The van der Waals surface area contributed by atoms with Gasteiger partial charge in [-0.1, -0.05) is 13.8 Å². The van der Waals surface area contributed by atoms with E-state index in [1.807, 2.05) is 20.8 Å². The zero-order valence-electron chi connectivity index (χ0n) is 12.4. The van der Waals surface area contributed by atoms with Crippen LogP contribution in [0.15, 0.2) is 6.07 Å². The molecule has 114 valence electrons. The molecule has 0 bridgehead atoms. The highest BCUT2D eigenvalue weighted by molar-refractivity contribution is 8.07. The smallest absolute Gasteiger partial charge is 0.384 e. The molecule has 0 spiro atoms. The van der Waals surface area contributed by atoms with Crippen LogP contribution in [0.5, 0.6) is 5.88 Å². The minimum absolute atomic E-state index is 0.167. The van der Waals surface area contributed by atoms with Crippen molar-refractivity contribution >= 4 is 18.5 Å². The lowest BCUT2D eigenvalue weighted by Crippen LogP contribution is -2.11. The molecular weight excluding hydrogens is 299 g/mol. The van der Waals surface area contributed by atoms with Gasteiger partial charge in [0.15, 0.2) is 6.29 Å². The topological polar surface area (TPSA) is 73.7 Å². The average Bonchev–Trinajstić information content (AvgIpc) is 2.26. The zero-order valence-corrected chi connectivity index (χ0v) is 14.1. The largest absolute Gasteiger partial charge is 0.405 e. The lowest BCUT2D eigenvalue weighted by molar-refractivity contribution is -0.0130. The van der Waals surface area contributed by atoms with Crippen molar-refractivity contribution in [2.24, 2.45) is 0 Å². The van der Waals surface area contributed by atoms with E-state index in [2.05, 4.69) is 9.97 Å². The van der Waals surface area contributed by atoms with Crippen LogP contribution in [0.4, 0.5) is 0 Å². The monoisotopic (exact) mass is 320 g/mol. The van der Waals surface area contributed by atoms with Gasteiger partial charge < -0.3 is 9.63 Å². The van der Waals surface area contributed by atoms with Crippen LogP contribution in [0.1, 0.15) is 45.1 Å². The number of aryl methyl sites for hydroxylation is 1. The fourth-order valence-electron chi connectivity index (χ4n) is 1.40. The van der Waals surface area contributed by atoms with Crippen molar-refractivity contribution in [1.29, 1.82) is 0 Å². The molecule has 2 unspecified atom stereocenters. The number of aromatic nitrogens is 2. The van der Waals surface area contributed by atoms with Crippen molar-refractivity contribution in [1.82, 2.24) is 9.97 Å². The lowest BCUT2D eigenvalue weighted by Gasteiger charge is -2.22. The number of aliphatic hydroxyl groups excluding tert-OH is 1. The van der Waals surface area contributed by atoms with E-state index in [0.717, 1.165) is 5.69 Å². The fraction of sp³-hybridized carbons (Fsp3) is 0.667. The SMILES string of the molecule is CCOP(=S)(Oc1cc(C)nc(C(C)C)n1)OC(C)O. The number of hydrogen-bond donors (Lipinski definition) is 1. The first-order chi connectivity index (χ1) is 9.25. The number of aliphatic hydroxyl groups is 1. The van der Waals surface area contributed by atoms with Crippen LogP contribution in [0.25, 0.3) is 0 Å². The van der Waals surface area contributed by atoms with Crippen molar-refractivity contribution in [3.63, 3.8) is 0 Å². The molecule has 0 aliphatic carbocycles. The van der Waals surface area contributed by atoms with E-state index in [4.69, 9.17) is 25.4 Å². The molecule has 2 atom stereocenters. The predicted molar refractivity (Wildman–Crippen MR) is 80.2 cm³/mol. The maximum absolute atomic E-state index is 9.34. The van der Waals surface area contributed by atoms with Gasteiger partial charge in [-0.25, -0.2) is 4.98 Å². The van der Waals surface area contributed by atoms with Crippen molar-refractivity contribution in [3.05, 3.63) is 17.6 Å². The quantitative estimate of drug-likeness (QED) is 0.611. The van der Waals surface area contributed by atoms with Gasteiger partial charge in [0.2, 0.25) is 5.88 Å². The summed E-state index contributed by atoms with van der Waals surface area (Å²) in [6.07, 6.45) is -1.07. The third-order valence-electron chi connectivity index (χ3n) is 2.14. The first kappa shape index (κ1) is 17.5. The zero-order chi connectivity index (χ0) is 15.3. The first-order valence-corrected chi connectivity index (χ1v) is 8.97. The van der Waals surface area contributed by atoms with Gasteiger partial charge in [-0.3, -0.25) is 9.05 Å². The molecule has 0 saturated heterocycles. The van der Waals surface area contributed by atoms with Crippen LogP contribution in [0, 0.1) is 6.92 Å². The standard InChI is InChI=1S/C12H21N2O4PS/c1-6-16-19(20,17-10(5)15)18-11-7-9(4)13-12(14-11)8(2)3/h7-8,10,15H,6H2,1-5H3. The van der Waals surface area contributed by atoms with Gasteiger partial charge in [0.1, 0.15) is 5.82 Å². The second-order valence-electron chi connectivity index (χ2n) is 4.52. The highest BCUT2D eigenvalue weighted by Gasteiger charge is 2.25. The van der Waals surface area contributed by atoms with E-state index in [1.54, 1.807) is 13.0 Å². The summed E-state index contributed by atoms with van der Waals surface area (Å²) >= 11 is 5.24. The van der Waals surface area contributed by atoms with E-state index in [1.165, 1.54) is 6.92 Å². The maximum atomic E-state index is 9.34. The molecule has 6 nitrogen and oxygen atoms in total. The molecule has 0 amide bonds. The Bertz CT molecular complexity index is 496. The summed E-state index contributed by atoms with van der Waals surface area (Å²) in [7, 11) is 0. The van der Waals surface area contributed by atoms with Gasteiger partial charge in [0.25, 0.3) is 0 Å². The Morgan fingerprint density at radius 1 is 1.35 bits per heavy atom. The predicted octanol–water partition coefficient (Wildman–Crippen LogP) is 2.90. The minimum Gasteiger partial charge on any atom is -0.405 e. The molecule has 0 fully saturated rings. The molecule has 20 heavy (non-hydrogen) atoms. The molecule has 1 aromatic rings. The molecule has 1 rings (SSSR count). The molecular formula is C12H21N2O4PS. The molecule has 1 heterocycles. The van der Waals surface area contributed by atoms with Crippen LogP contribution < -0.4 is 4.52 Å². The lowest BCUT2D eigenvalue weighted by atomic mass is 10.2. The van der Waals surface area contributed by atoms with Gasteiger partial charge in [-0.2, -0.15) is 4.98 Å². The van der Waals surface area contributed by atoms with Crippen LogP contribution in [-0.4, -0.2) is 28.0 Å². The summed E-state index contributed by atoms with van der Waals surface area (Å²) in [5.74, 6) is 1.13. The summed E-state index contributed by atoms with van der Waals surface area (Å²) in [4.78, 5) is 8.62. The number of nitrogens with zero attached hydrogens (tertiary/aromatic N) is 2. The summed E-state index contributed by atoms with van der Waals surface area (Å²) in [5.41, 5.74) is 0.772. The Hall–Kier alpha value is -0.590. The third kappa shape index (κ3) is 5.42. The van der Waals surface area contributed by atoms with Crippen LogP contribution in [0.3, 0.4) is 0 Å². The number of rotatable bonds is 7. The molecule has 0 aliphatic rings. The molecule has 1 N–H and O–H groups in total. The van der Waals surface area contributed by atoms with Crippen molar-refractivity contribution < 1.29 is 18.7 Å². The molecule has 0 aliphatic heterocycles. The Morgan fingerprint density at radius 2 is 2.00 bits per heavy atom. The second-order valence-corrected chi connectivity index (χ2v) is 7.41. The molecule has 8 heteroatoms. The van der Waals surface area contributed by atoms with Crippen molar-refractivity contribution in [3.8, 4) is 5.88 Å². The highest BCUT2D eigenvalue weighted by atomic mass is 32.5. The summed E-state index contributed by atoms with van der Waals surface area (Å²) in [6, 6.07) is 1.66. The van der Waals surface area contributed by atoms with E-state index in [9.17, 15) is 5.11 Å². The van der Waals surface area contributed by atoms with Gasteiger partial charge in [-0.05, 0) is 20.8 Å². The van der Waals surface area contributed by atoms with E-state index < -0.39 is 13.0 Å². The van der Waals surface area contributed by atoms with E-state index >= 15 is 0 Å². The molecule has 1 aromatic heterocycles. The maximum Gasteiger partial charge on any atom is 0.384 e. The van der Waals surface area contributed by atoms with Crippen LogP contribution >= 0.6 is 6.72 Å². The Morgan fingerprint density at radius 3 is 2.50 bits per heavy atom. The fourth-order valence-corrected chi connectivity index (χ4v) is 3.49. The Balaban J connectivity index is 3.02. The van der Waals surface area contributed by atoms with Gasteiger partial charge in [0.05, 0.1) is 6.61 Å². The normalized spacial score (nSPS) is 15.9. The van der Waals surface area contributed by atoms with Gasteiger partial charge >= 0.3 is 6.72 Å². The average molecular weight is 320 g/mol. The van der Waals surface area contributed by atoms with Gasteiger partial charge in [-0.15, -0.1) is 0 Å². The summed E-state index contributed by atoms with van der Waals surface area (Å²) < 4.78 is 16.1. The van der Waals surface area contributed by atoms with E-state index in [0.29, 0.717) is 18.3 Å². The number of hydrogen-bond acceptors (Lipinski definition) is 7. The van der Waals surface area contributed by atoms with Crippen LogP contribution in [-0.2, 0) is 20.9 Å². The molecule has 0 saturated carbocycles. The van der Waals surface area contributed by atoms with Gasteiger partial charge in [0, 0.05) is 29.5 Å². The van der Waals surface area contributed by atoms with Crippen molar-refractivity contribution in [2.45, 2.75) is 46.8 Å². The van der Waals surface area contributed by atoms with Crippen molar-refractivity contribution in [2.75, 3.05) is 6.61 Å². The highest BCUT2D eigenvalue weighted by Crippen LogP contribution is 2.50. The first-order valence-electron chi connectivity index (χ1n) is 6.42.